The summed E-state index contributed by atoms with van der Waals surface area (Å²) >= 11 is 0. The minimum absolute atomic E-state index is 0.0243. The average molecular weight is 369 g/mol. The molecule has 7 nitrogen and oxygen atoms in total. The number of ether oxygens (including phenoxy) is 2. The number of ketones is 1. The molecule has 0 saturated heterocycles. The molecule has 0 saturated carbocycles. The molecule has 3 aromatic rings. The minimum atomic E-state index is -0.167. The molecule has 2 aromatic heterocycles. The molecule has 27 heavy (non-hydrogen) atoms. The largest absolute Gasteiger partial charge is 0.441 e. The summed E-state index contributed by atoms with van der Waals surface area (Å²) in [5.41, 5.74) is 3.31. The van der Waals surface area contributed by atoms with Crippen LogP contribution in [0.5, 0.6) is 6.08 Å². The van der Waals surface area contributed by atoms with Gasteiger partial charge in [0.25, 0.3) is 5.89 Å². The number of aromatic nitrogens is 3. The first-order valence-electron chi connectivity index (χ1n) is 8.73. The zero-order valence-electron chi connectivity index (χ0n) is 15.9. The maximum Gasteiger partial charge on any atom is 0.415 e. The molecular weight excluding hydrogens is 346 g/mol. The van der Waals surface area contributed by atoms with Crippen molar-refractivity contribution in [1.82, 2.24) is 14.8 Å². The van der Waals surface area contributed by atoms with Crippen LogP contribution >= 0.6 is 0 Å². The van der Waals surface area contributed by atoms with Gasteiger partial charge < -0.3 is 18.5 Å². The van der Waals surface area contributed by atoms with E-state index in [4.69, 9.17) is 13.9 Å². The molecule has 1 atom stereocenters. The predicted molar refractivity (Wildman–Crippen MR) is 100 cm³/mol. The molecule has 1 aromatic carbocycles. The van der Waals surface area contributed by atoms with E-state index in [1.165, 1.54) is 0 Å². The van der Waals surface area contributed by atoms with E-state index in [1.54, 1.807) is 7.11 Å². The Bertz CT molecular complexity index is 915. The third-order valence-corrected chi connectivity index (χ3v) is 4.39. The Labute approximate surface area is 157 Å². The Hall–Kier alpha value is -2.93. The van der Waals surface area contributed by atoms with Crippen LogP contribution in [-0.2, 0) is 4.74 Å². The van der Waals surface area contributed by atoms with E-state index in [-0.39, 0.29) is 24.5 Å². The van der Waals surface area contributed by atoms with Crippen molar-refractivity contribution >= 4 is 5.78 Å². The Balaban J connectivity index is 1.68. The molecule has 0 spiro atoms. The van der Waals surface area contributed by atoms with Crippen molar-refractivity contribution in [3.05, 3.63) is 53.3 Å². The van der Waals surface area contributed by atoms with Gasteiger partial charge in [-0.25, -0.2) is 0 Å². The van der Waals surface area contributed by atoms with E-state index in [0.29, 0.717) is 18.1 Å². The second kappa shape index (κ2) is 8.18. The van der Waals surface area contributed by atoms with E-state index < -0.39 is 0 Å². The van der Waals surface area contributed by atoms with Gasteiger partial charge in [0.15, 0.2) is 6.61 Å². The van der Waals surface area contributed by atoms with Crippen molar-refractivity contribution in [2.75, 3.05) is 20.3 Å². The summed E-state index contributed by atoms with van der Waals surface area (Å²) in [7, 11) is 1.67. The quantitative estimate of drug-likeness (QED) is 0.564. The van der Waals surface area contributed by atoms with Crippen LogP contribution in [0.1, 0.15) is 34.7 Å². The summed E-state index contributed by atoms with van der Waals surface area (Å²) in [6.07, 6.45) is -0.0243. The van der Waals surface area contributed by atoms with Gasteiger partial charge in [-0.05, 0) is 39.0 Å². The highest BCUT2D eigenvalue weighted by Crippen LogP contribution is 2.23. The van der Waals surface area contributed by atoms with Crippen LogP contribution in [0.15, 0.2) is 40.8 Å². The van der Waals surface area contributed by atoms with E-state index in [9.17, 15) is 4.79 Å². The van der Waals surface area contributed by atoms with Crippen LogP contribution in [-0.4, -0.2) is 40.9 Å². The number of methoxy groups -OCH3 is 1. The minimum Gasteiger partial charge on any atom is -0.441 e. The fourth-order valence-corrected chi connectivity index (χ4v) is 3.22. The highest BCUT2D eigenvalue weighted by Gasteiger charge is 2.20. The number of rotatable bonds is 8. The molecule has 0 fully saturated rings. The number of hydrogen-bond donors (Lipinski definition) is 0. The molecule has 0 aliphatic carbocycles. The Morgan fingerprint density at radius 3 is 2.67 bits per heavy atom. The summed E-state index contributed by atoms with van der Waals surface area (Å²) < 4.78 is 18.2. The second-order valence-corrected chi connectivity index (χ2v) is 6.41. The molecular formula is C20H23N3O4. The first-order chi connectivity index (χ1) is 13.0. The van der Waals surface area contributed by atoms with Gasteiger partial charge in [0.05, 0.1) is 12.6 Å². The molecule has 0 aliphatic heterocycles. The van der Waals surface area contributed by atoms with Crippen molar-refractivity contribution < 1.29 is 18.7 Å². The third kappa shape index (κ3) is 4.09. The van der Waals surface area contributed by atoms with Crippen LogP contribution in [0.3, 0.4) is 0 Å². The highest BCUT2D eigenvalue weighted by atomic mass is 16.6. The lowest BCUT2D eigenvalue weighted by atomic mass is 10.1. The SMILES string of the molecule is COC[C@@H](C)n1c(C)cc(C(=O)COc2nnc(-c3ccccc3)o2)c1C. The predicted octanol–water partition coefficient (Wildman–Crippen LogP) is 3.62. The number of nitrogens with zero attached hydrogens (tertiary/aromatic N) is 3. The van der Waals surface area contributed by atoms with Gasteiger partial charge in [0.2, 0.25) is 5.78 Å². The molecule has 2 heterocycles. The summed E-state index contributed by atoms with van der Waals surface area (Å²) in [4.78, 5) is 12.6. The van der Waals surface area contributed by atoms with Gasteiger partial charge in [-0.15, -0.1) is 5.10 Å². The second-order valence-electron chi connectivity index (χ2n) is 6.41. The molecule has 0 bridgehead atoms. The van der Waals surface area contributed by atoms with E-state index in [1.807, 2.05) is 50.2 Å². The average Bonchev–Trinajstić information content (AvgIpc) is 3.25. The monoisotopic (exact) mass is 369 g/mol. The van der Waals surface area contributed by atoms with Gasteiger partial charge in [0, 0.05) is 29.6 Å². The molecule has 7 heteroatoms. The summed E-state index contributed by atoms with van der Waals surface area (Å²) in [5, 5.41) is 7.79. The third-order valence-electron chi connectivity index (χ3n) is 4.39. The lowest BCUT2D eigenvalue weighted by molar-refractivity contribution is 0.0893. The fraction of sp³-hybridized carbons (Fsp3) is 0.350. The fourth-order valence-electron chi connectivity index (χ4n) is 3.22. The van der Waals surface area contributed by atoms with Crippen molar-refractivity contribution in [1.29, 1.82) is 0 Å². The lowest BCUT2D eigenvalue weighted by Crippen LogP contribution is -2.16. The smallest absolute Gasteiger partial charge is 0.415 e. The maximum absolute atomic E-state index is 12.6. The summed E-state index contributed by atoms with van der Waals surface area (Å²) in [6, 6.07) is 11.4. The van der Waals surface area contributed by atoms with Crippen LogP contribution in [0.4, 0.5) is 0 Å². The normalized spacial score (nSPS) is 12.1. The molecule has 0 N–H and O–H groups in total. The number of hydrogen-bond acceptors (Lipinski definition) is 6. The van der Waals surface area contributed by atoms with Crippen molar-refractivity contribution in [3.63, 3.8) is 0 Å². The number of benzene rings is 1. The van der Waals surface area contributed by atoms with Gasteiger partial charge in [-0.3, -0.25) is 4.79 Å². The molecule has 3 rings (SSSR count). The van der Waals surface area contributed by atoms with Crippen molar-refractivity contribution in [2.24, 2.45) is 0 Å². The molecule has 0 amide bonds. The zero-order chi connectivity index (χ0) is 19.4. The lowest BCUT2D eigenvalue weighted by Gasteiger charge is -2.17. The summed E-state index contributed by atoms with van der Waals surface area (Å²) in [5.74, 6) is 0.211. The molecule has 0 unspecified atom stereocenters. The number of Topliss-reactive ketones (excluding diaryl/α,β-unsaturated/α-hetero) is 1. The highest BCUT2D eigenvalue weighted by molar-refractivity contribution is 5.98. The standard InChI is InChI=1S/C20H23N3O4/c1-13-10-17(15(3)23(13)14(2)11-25-4)18(24)12-26-20-22-21-19(27-20)16-8-6-5-7-9-16/h5-10,14H,11-12H2,1-4H3/t14-/m1/s1. The number of aryl methyl sites for hydroxylation is 1. The maximum atomic E-state index is 12.6. The first kappa shape index (κ1) is 18.8. The molecule has 142 valence electrons. The topological polar surface area (TPSA) is 79.4 Å². The Morgan fingerprint density at radius 2 is 1.96 bits per heavy atom. The van der Waals surface area contributed by atoms with Crippen LogP contribution in [0.2, 0.25) is 0 Å². The number of carbonyl (C=O) groups excluding carboxylic acids is 1. The first-order valence-corrected chi connectivity index (χ1v) is 8.73. The zero-order valence-corrected chi connectivity index (χ0v) is 15.9. The van der Waals surface area contributed by atoms with Gasteiger partial charge in [-0.2, -0.15) is 0 Å². The van der Waals surface area contributed by atoms with E-state index in [0.717, 1.165) is 17.0 Å². The van der Waals surface area contributed by atoms with E-state index in [2.05, 4.69) is 21.7 Å². The molecule has 0 radical (unpaired) electrons. The van der Waals surface area contributed by atoms with Crippen LogP contribution in [0.25, 0.3) is 11.5 Å². The Kier molecular flexibility index (Phi) is 5.71. The number of carbonyl (C=O) groups is 1. The van der Waals surface area contributed by atoms with Gasteiger partial charge in [-0.1, -0.05) is 23.3 Å². The Morgan fingerprint density at radius 1 is 1.22 bits per heavy atom. The van der Waals surface area contributed by atoms with Gasteiger partial charge in [0.1, 0.15) is 0 Å². The van der Waals surface area contributed by atoms with E-state index >= 15 is 0 Å². The van der Waals surface area contributed by atoms with Crippen molar-refractivity contribution in [3.8, 4) is 17.5 Å². The van der Waals surface area contributed by atoms with Crippen LogP contribution in [0, 0.1) is 13.8 Å². The molecule has 0 aliphatic rings. The summed E-state index contributed by atoms with van der Waals surface area (Å²) in [6.45, 7) is 6.36. The van der Waals surface area contributed by atoms with Crippen molar-refractivity contribution in [2.45, 2.75) is 26.8 Å². The van der Waals surface area contributed by atoms with Gasteiger partial charge >= 0.3 is 6.08 Å². The van der Waals surface area contributed by atoms with Crippen LogP contribution < -0.4 is 4.74 Å².